The second kappa shape index (κ2) is 5.13. The average molecular weight is 196 g/mol. The molecule has 1 aliphatic carbocycles. The lowest BCUT2D eigenvalue weighted by Crippen LogP contribution is -2.28. The van der Waals surface area contributed by atoms with Gasteiger partial charge in [-0.05, 0) is 51.2 Å². The quantitative estimate of drug-likeness (QED) is 0.736. The summed E-state index contributed by atoms with van der Waals surface area (Å²) in [6.45, 7) is 5.29. The Balaban J connectivity index is 1.67. The van der Waals surface area contributed by atoms with Gasteiger partial charge < -0.3 is 10.2 Å². The van der Waals surface area contributed by atoms with Gasteiger partial charge in [0.25, 0.3) is 0 Å². The third-order valence-corrected chi connectivity index (χ3v) is 3.85. The summed E-state index contributed by atoms with van der Waals surface area (Å²) in [4.78, 5) is 2.69. The van der Waals surface area contributed by atoms with Crippen LogP contribution in [0.1, 0.15) is 32.1 Å². The van der Waals surface area contributed by atoms with Gasteiger partial charge in [0.15, 0.2) is 0 Å². The summed E-state index contributed by atoms with van der Waals surface area (Å²) in [6.07, 6.45) is 7.37. The lowest BCUT2D eigenvalue weighted by atomic mass is 10.1. The fourth-order valence-corrected chi connectivity index (χ4v) is 3.09. The Hall–Kier alpha value is -0.0800. The monoisotopic (exact) mass is 196 g/mol. The number of likely N-dealkylation sites (tertiary alicyclic amines) is 1. The van der Waals surface area contributed by atoms with Gasteiger partial charge in [-0.1, -0.05) is 12.8 Å². The highest BCUT2D eigenvalue weighted by molar-refractivity contribution is 4.80. The molecule has 0 amide bonds. The minimum atomic E-state index is 0.918. The van der Waals surface area contributed by atoms with Crippen LogP contribution in [0.15, 0.2) is 0 Å². The molecule has 0 aromatic rings. The van der Waals surface area contributed by atoms with E-state index in [9.17, 15) is 0 Å². The summed E-state index contributed by atoms with van der Waals surface area (Å²) in [5.74, 6) is 1.95. The van der Waals surface area contributed by atoms with E-state index in [-0.39, 0.29) is 0 Å². The third-order valence-electron chi connectivity index (χ3n) is 3.85. The molecule has 0 spiro atoms. The van der Waals surface area contributed by atoms with Crippen LogP contribution >= 0.6 is 0 Å². The van der Waals surface area contributed by atoms with Crippen LogP contribution in [0, 0.1) is 11.8 Å². The molecule has 0 aromatic heterocycles. The first-order valence-electron chi connectivity index (χ1n) is 6.25. The predicted octanol–water partition coefficient (Wildman–Crippen LogP) is 1.72. The van der Waals surface area contributed by atoms with Gasteiger partial charge in [0.2, 0.25) is 0 Å². The van der Waals surface area contributed by atoms with Crippen molar-refractivity contribution in [3.05, 3.63) is 0 Å². The Labute approximate surface area is 88.1 Å². The first kappa shape index (κ1) is 10.4. The van der Waals surface area contributed by atoms with Crippen LogP contribution in [-0.2, 0) is 0 Å². The van der Waals surface area contributed by atoms with Crippen molar-refractivity contribution in [2.75, 3.05) is 33.2 Å². The Morgan fingerprint density at radius 3 is 2.64 bits per heavy atom. The molecule has 0 aromatic carbocycles. The smallest absolute Gasteiger partial charge is 0.00224 e. The van der Waals surface area contributed by atoms with Gasteiger partial charge in [-0.2, -0.15) is 0 Å². The topological polar surface area (TPSA) is 15.3 Å². The summed E-state index contributed by atoms with van der Waals surface area (Å²) >= 11 is 0. The SMILES string of the molecule is CNCC1CCN(CC2CCCC2)C1. The van der Waals surface area contributed by atoms with Crippen LogP contribution < -0.4 is 5.32 Å². The van der Waals surface area contributed by atoms with Gasteiger partial charge in [-0.3, -0.25) is 0 Å². The van der Waals surface area contributed by atoms with E-state index >= 15 is 0 Å². The first-order chi connectivity index (χ1) is 6.88. The maximum Gasteiger partial charge on any atom is 0.00224 e. The molecular weight excluding hydrogens is 172 g/mol. The van der Waals surface area contributed by atoms with E-state index in [1.807, 2.05) is 0 Å². The highest BCUT2D eigenvalue weighted by atomic mass is 15.1. The minimum absolute atomic E-state index is 0.918. The highest BCUT2D eigenvalue weighted by Crippen LogP contribution is 2.27. The molecule has 1 unspecified atom stereocenters. The van der Waals surface area contributed by atoms with Crippen molar-refractivity contribution in [2.45, 2.75) is 32.1 Å². The molecule has 1 saturated carbocycles. The maximum absolute atomic E-state index is 3.30. The van der Waals surface area contributed by atoms with Gasteiger partial charge in [0.1, 0.15) is 0 Å². The zero-order valence-electron chi connectivity index (χ0n) is 9.47. The molecule has 1 heterocycles. The van der Waals surface area contributed by atoms with Crippen molar-refractivity contribution in [1.29, 1.82) is 0 Å². The number of hydrogen-bond acceptors (Lipinski definition) is 2. The molecule has 2 heteroatoms. The zero-order valence-corrected chi connectivity index (χ0v) is 9.47. The molecule has 0 bridgehead atoms. The fraction of sp³-hybridized carbons (Fsp3) is 1.00. The Morgan fingerprint density at radius 1 is 1.14 bits per heavy atom. The molecule has 14 heavy (non-hydrogen) atoms. The molecule has 2 rings (SSSR count). The van der Waals surface area contributed by atoms with Gasteiger partial charge in [0, 0.05) is 13.1 Å². The number of nitrogens with zero attached hydrogens (tertiary/aromatic N) is 1. The highest BCUT2D eigenvalue weighted by Gasteiger charge is 2.25. The van der Waals surface area contributed by atoms with Gasteiger partial charge in [-0.25, -0.2) is 0 Å². The second-order valence-electron chi connectivity index (χ2n) is 5.12. The van der Waals surface area contributed by atoms with Crippen LogP contribution in [0.25, 0.3) is 0 Å². The van der Waals surface area contributed by atoms with Crippen LogP contribution in [0.3, 0.4) is 0 Å². The van der Waals surface area contributed by atoms with Crippen molar-refractivity contribution in [2.24, 2.45) is 11.8 Å². The summed E-state index contributed by atoms with van der Waals surface area (Å²) in [5, 5.41) is 3.30. The van der Waals surface area contributed by atoms with E-state index in [1.54, 1.807) is 0 Å². The van der Waals surface area contributed by atoms with Crippen molar-refractivity contribution < 1.29 is 0 Å². The van der Waals surface area contributed by atoms with Crippen molar-refractivity contribution >= 4 is 0 Å². The lowest BCUT2D eigenvalue weighted by molar-refractivity contribution is 0.270. The third kappa shape index (κ3) is 2.71. The summed E-state index contributed by atoms with van der Waals surface area (Å²) < 4.78 is 0. The van der Waals surface area contributed by atoms with E-state index in [4.69, 9.17) is 0 Å². The second-order valence-corrected chi connectivity index (χ2v) is 5.12. The molecule has 1 atom stereocenters. The van der Waals surface area contributed by atoms with E-state index in [0.717, 1.165) is 11.8 Å². The standard InChI is InChI=1S/C12H24N2/c1-13-8-12-6-7-14(10-12)9-11-4-2-3-5-11/h11-13H,2-10H2,1H3. The van der Waals surface area contributed by atoms with Crippen molar-refractivity contribution in [1.82, 2.24) is 10.2 Å². The van der Waals surface area contributed by atoms with Gasteiger partial charge in [-0.15, -0.1) is 0 Å². The first-order valence-corrected chi connectivity index (χ1v) is 6.25. The summed E-state index contributed by atoms with van der Waals surface area (Å²) in [7, 11) is 2.07. The number of hydrogen-bond donors (Lipinski definition) is 1. The molecule has 82 valence electrons. The molecule has 2 nitrogen and oxygen atoms in total. The van der Waals surface area contributed by atoms with E-state index < -0.39 is 0 Å². The van der Waals surface area contributed by atoms with Crippen LogP contribution in [0.4, 0.5) is 0 Å². The molecular formula is C12H24N2. The summed E-state index contributed by atoms with van der Waals surface area (Å²) in [6, 6.07) is 0. The average Bonchev–Trinajstić information content (AvgIpc) is 2.79. The fourth-order valence-electron chi connectivity index (χ4n) is 3.09. The molecule has 1 saturated heterocycles. The molecule has 2 aliphatic rings. The van der Waals surface area contributed by atoms with Crippen LogP contribution in [0.2, 0.25) is 0 Å². The van der Waals surface area contributed by atoms with Crippen molar-refractivity contribution in [3.63, 3.8) is 0 Å². The molecule has 1 N–H and O–H groups in total. The Kier molecular flexibility index (Phi) is 3.82. The predicted molar refractivity (Wildman–Crippen MR) is 60.4 cm³/mol. The van der Waals surface area contributed by atoms with Crippen LogP contribution in [-0.4, -0.2) is 38.1 Å². The van der Waals surface area contributed by atoms with Gasteiger partial charge >= 0.3 is 0 Å². The van der Waals surface area contributed by atoms with E-state index in [0.29, 0.717) is 0 Å². The lowest BCUT2D eigenvalue weighted by Gasteiger charge is -2.20. The maximum atomic E-state index is 3.30. The minimum Gasteiger partial charge on any atom is -0.319 e. The Bertz CT molecular complexity index is 164. The van der Waals surface area contributed by atoms with E-state index in [2.05, 4.69) is 17.3 Å². The number of nitrogens with one attached hydrogen (secondary N) is 1. The van der Waals surface area contributed by atoms with Crippen molar-refractivity contribution in [3.8, 4) is 0 Å². The molecule has 1 aliphatic heterocycles. The Morgan fingerprint density at radius 2 is 1.93 bits per heavy atom. The molecule has 2 fully saturated rings. The molecule has 0 radical (unpaired) electrons. The summed E-state index contributed by atoms with van der Waals surface area (Å²) in [5.41, 5.74) is 0. The van der Waals surface area contributed by atoms with Gasteiger partial charge in [0.05, 0.1) is 0 Å². The zero-order chi connectivity index (χ0) is 9.80. The largest absolute Gasteiger partial charge is 0.319 e. The van der Waals surface area contributed by atoms with E-state index in [1.165, 1.54) is 58.3 Å². The number of rotatable bonds is 4. The normalized spacial score (nSPS) is 30.2. The van der Waals surface area contributed by atoms with Crippen LogP contribution in [0.5, 0.6) is 0 Å².